The van der Waals surface area contributed by atoms with E-state index in [1.807, 2.05) is 24.5 Å². The molecule has 0 saturated heterocycles. The Bertz CT molecular complexity index is 412. The summed E-state index contributed by atoms with van der Waals surface area (Å²) in [6, 6.07) is 3.75. The molecule has 0 spiro atoms. The SMILES string of the molecule is Clc1c(Br)ccnc1-c1cc[nH]c1. The molecule has 2 heterocycles. The lowest BCUT2D eigenvalue weighted by Gasteiger charge is -2.01. The molecule has 0 aliphatic carbocycles. The summed E-state index contributed by atoms with van der Waals surface area (Å²) in [5.41, 5.74) is 1.78. The third-order valence-electron chi connectivity index (χ3n) is 1.71. The maximum Gasteiger partial charge on any atom is 0.0914 e. The molecule has 0 radical (unpaired) electrons. The average Bonchev–Trinajstić information content (AvgIpc) is 2.62. The third kappa shape index (κ3) is 1.62. The fourth-order valence-corrected chi connectivity index (χ4v) is 1.62. The summed E-state index contributed by atoms with van der Waals surface area (Å²) in [4.78, 5) is 7.16. The summed E-state index contributed by atoms with van der Waals surface area (Å²) in [6.07, 6.45) is 5.42. The molecule has 0 aliphatic heterocycles. The van der Waals surface area contributed by atoms with Crippen molar-refractivity contribution in [2.75, 3.05) is 0 Å². The second-order valence-corrected chi connectivity index (χ2v) is 3.79. The zero-order valence-electron chi connectivity index (χ0n) is 6.59. The summed E-state index contributed by atoms with van der Waals surface area (Å²) < 4.78 is 0.861. The Kier molecular flexibility index (Phi) is 2.38. The molecule has 2 rings (SSSR count). The number of hydrogen-bond acceptors (Lipinski definition) is 1. The molecule has 0 unspecified atom stereocenters. The number of aromatic amines is 1. The van der Waals surface area contributed by atoms with Gasteiger partial charge in [0.25, 0.3) is 0 Å². The van der Waals surface area contributed by atoms with Crippen molar-refractivity contribution in [3.63, 3.8) is 0 Å². The molecular weight excluding hydrogens is 251 g/mol. The molecule has 0 bridgehead atoms. The number of pyridine rings is 1. The van der Waals surface area contributed by atoms with Gasteiger partial charge in [0.1, 0.15) is 0 Å². The van der Waals surface area contributed by atoms with Gasteiger partial charge in [0.2, 0.25) is 0 Å². The molecular formula is C9H6BrClN2. The van der Waals surface area contributed by atoms with Crippen LogP contribution in [0.4, 0.5) is 0 Å². The van der Waals surface area contributed by atoms with Gasteiger partial charge < -0.3 is 4.98 Å². The highest BCUT2D eigenvalue weighted by Gasteiger charge is 2.07. The van der Waals surface area contributed by atoms with Gasteiger partial charge in [-0.15, -0.1) is 0 Å². The topological polar surface area (TPSA) is 28.7 Å². The fourth-order valence-electron chi connectivity index (χ4n) is 1.09. The van der Waals surface area contributed by atoms with Gasteiger partial charge in [0.05, 0.1) is 10.7 Å². The van der Waals surface area contributed by atoms with Crippen LogP contribution in [0.5, 0.6) is 0 Å². The largest absolute Gasteiger partial charge is 0.367 e. The molecule has 2 nitrogen and oxygen atoms in total. The highest BCUT2D eigenvalue weighted by molar-refractivity contribution is 9.10. The Hall–Kier alpha value is -0.800. The van der Waals surface area contributed by atoms with Crippen molar-refractivity contribution < 1.29 is 0 Å². The van der Waals surface area contributed by atoms with E-state index in [9.17, 15) is 0 Å². The van der Waals surface area contributed by atoms with Crippen LogP contribution < -0.4 is 0 Å². The summed E-state index contributed by atoms with van der Waals surface area (Å²) in [5.74, 6) is 0. The average molecular weight is 258 g/mol. The van der Waals surface area contributed by atoms with Crippen molar-refractivity contribution in [2.45, 2.75) is 0 Å². The molecule has 4 heteroatoms. The summed E-state index contributed by atoms with van der Waals surface area (Å²) in [7, 11) is 0. The van der Waals surface area contributed by atoms with Crippen molar-refractivity contribution in [3.05, 3.63) is 40.2 Å². The highest BCUT2D eigenvalue weighted by Crippen LogP contribution is 2.31. The normalized spacial score (nSPS) is 10.3. The summed E-state index contributed by atoms with van der Waals surface area (Å²) >= 11 is 9.41. The molecule has 13 heavy (non-hydrogen) atoms. The standard InChI is InChI=1S/C9H6BrClN2/c10-7-2-4-13-9(8(7)11)6-1-3-12-5-6/h1-5,12H. The van der Waals surface area contributed by atoms with Crippen LogP contribution in [-0.2, 0) is 0 Å². The van der Waals surface area contributed by atoms with E-state index in [2.05, 4.69) is 25.9 Å². The minimum atomic E-state index is 0.641. The molecule has 0 aliphatic rings. The van der Waals surface area contributed by atoms with Crippen LogP contribution in [0.2, 0.25) is 5.02 Å². The first kappa shape index (κ1) is 8.78. The maximum atomic E-state index is 6.06. The molecule has 0 saturated carbocycles. The number of hydrogen-bond donors (Lipinski definition) is 1. The lowest BCUT2D eigenvalue weighted by molar-refractivity contribution is 1.31. The van der Waals surface area contributed by atoms with Gasteiger partial charge in [0.15, 0.2) is 0 Å². The quantitative estimate of drug-likeness (QED) is 0.832. The van der Waals surface area contributed by atoms with Gasteiger partial charge >= 0.3 is 0 Å². The zero-order valence-corrected chi connectivity index (χ0v) is 8.93. The maximum absolute atomic E-state index is 6.06. The smallest absolute Gasteiger partial charge is 0.0914 e. The van der Waals surface area contributed by atoms with Crippen LogP contribution in [0.3, 0.4) is 0 Å². The first-order valence-corrected chi connectivity index (χ1v) is 4.89. The monoisotopic (exact) mass is 256 g/mol. The van der Waals surface area contributed by atoms with E-state index in [4.69, 9.17) is 11.6 Å². The number of nitrogens with zero attached hydrogens (tertiary/aromatic N) is 1. The number of rotatable bonds is 1. The number of aromatic nitrogens is 2. The van der Waals surface area contributed by atoms with Crippen LogP contribution in [0.25, 0.3) is 11.3 Å². The van der Waals surface area contributed by atoms with Gasteiger partial charge in [-0.3, -0.25) is 4.98 Å². The molecule has 0 amide bonds. The van der Waals surface area contributed by atoms with Gasteiger partial charge in [-0.2, -0.15) is 0 Å². The van der Waals surface area contributed by atoms with E-state index in [0.29, 0.717) is 5.02 Å². The van der Waals surface area contributed by atoms with E-state index >= 15 is 0 Å². The van der Waals surface area contributed by atoms with Gasteiger partial charge in [0, 0.05) is 28.6 Å². The van der Waals surface area contributed by atoms with Crippen LogP contribution in [0.1, 0.15) is 0 Å². The Morgan fingerprint density at radius 1 is 1.38 bits per heavy atom. The summed E-state index contributed by atoms with van der Waals surface area (Å²) in [6.45, 7) is 0. The van der Waals surface area contributed by atoms with E-state index < -0.39 is 0 Å². The minimum absolute atomic E-state index is 0.641. The van der Waals surface area contributed by atoms with Crippen molar-refractivity contribution in [1.82, 2.24) is 9.97 Å². The predicted octanol–water partition coefficient (Wildman–Crippen LogP) is 3.49. The van der Waals surface area contributed by atoms with Crippen molar-refractivity contribution in [1.29, 1.82) is 0 Å². The Morgan fingerprint density at radius 2 is 2.23 bits per heavy atom. The third-order valence-corrected chi connectivity index (χ3v) is 2.99. The molecule has 2 aromatic heterocycles. The van der Waals surface area contributed by atoms with E-state index in [1.54, 1.807) is 6.20 Å². The van der Waals surface area contributed by atoms with Crippen molar-refractivity contribution >= 4 is 27.5 Å². The molecule has 1 N–H and O–H groups in total. The van der Waals surface area contributed by atoms with E-state index in [1.165, 1.54) is 0 Å². The molecule has 0 atom stereocenters. The van der Waals surface area contributed by atoms with Crippen LogP contribution in [0.15, 0.2) is 35.2 Å². The van der Waals surface area contributed by atoms with Gasteiger partial charge in [-0.25, -0.2) is 0 Å². The second kappa shape index (κ2) is 3.52. The molecule has 0 aromatic carbocycles. The van der Waals surface area contributed by atoms with Crippen LogP contribution in [-0.4, -0.2) is 9.97 Å². The fraction of sp³-hybridized carbons (Fsp3) is 0. The van der Waals surface area contributed by atoms with Crippen LogP contribution in [0, 0.1) is 0 Å². The van der Waals surface area contributed by atoms with Crippen LogP contribution >= 0.6 is 27.5 Å². The number of H-pyrrole nitrogens is 1. The lowest BCUT2D eigenvalue weighted by Crippen LogP contribution is -1.82. The summed E-state index contributed by atoms with van der Waals surface area (Å²) in [5, 5.41) is 0.641. The van der Waals surface area contributed by atoms with Gasteiger partial charge in [-0.1, -0.05) is 11.6 Å². The zero-order chi connectivity index (χ0) is 9.26. The Balaban J connectivity index is 2.59. The molecule has 66 valence electrons. The van der Waals surface area contributed by atoms with Crippen molar-refractivity contribution in [3.8, 4) is 11.3 Å². The minimum Gasteiger partial charge on any atom is -0.367 e. The molecule has 2 aromatic rings. The second-order valence-electron chi connectivity index (χ2n) is 2.56. The predicted molar refractivity (Wildman–Crippen MR) is 56.7 cm³/mol. The van der Waals surface area contributed by atoms with E-state index in [-0.39, 0.29) is 0 Å². The number of nitrogens with one attached hydrogen (secondary N) is 1. The van der Waals surface area contributed by atoms with Gasteiger partial charge in [-0.05, 0) is 28.1 Å². The Labute approximate surface area is 89.1 Å². The Morgan fingerprint density at radius 3 is 2.92 bits per heavy atom. The first-order valence-electron chi connectivity index (χ1n) is 3.72. The lowest BCUT2D eigenvalue weighted by atomic mass is 10.2. The first-order chi connectivity index (χ1) is 6.29. The highest BCUT2D eigenvalue weighted by atomic mass is 79.9. The number of halogens is 2. The van der Waals surface area contributed by atoms with E-state index in [0.717, 1.165) is 15.7 Å². The van der Waals surface area contributed by atoms with Crippen molar-refractivity contribution in [2.24, 2.45) is 0 Å². The molecule has 0 fully saturated rings.